The predicted octanol–water partition coefficient (Wildman–Crippen LogP) is 2.21. The highest BCUT2D eigenvalue weighted by Gasteiger charge is 2.52. The second-order valence-corrected chi connectivity index (χ2v) is 7.32. The Morgan fingerprint density at radius 2 is 2.14 bits per heavy atom. The predicted molar refractivity (Wildman–Crippen MR) is 82.2 cm³/mol. The molecule has 2 heterocycles. The first kappa shape index (κ1) is 13.2. The number of para-hydroxylation sites is 1. The van der Waals surface area contributed by atoms with Crippen molar-refractivity contribution in [3.63, 3.8) is 0 Å². The van der Waals surface area contributed by atoms with Crippen molar-refractivity contribution >= 4 is 27.5 Å². The molecule has 0 atom stereocenters. The summed E-state index contributed by atoms with van der Waals surface area (Å²) in [6, 6.07) is 8.05. The largest absolute Gasteiger partial charge is 0.386 e. The van der Waals surface area contributed by atoms with Gasteiger partial charge in [-0.15, -0.1) is 11.3 Å². The maximum Gasteiger partial charge on any atom is 0.223 e. The maximum absolute atomic E-state index is 12.1. The van der Waals surface area contributed by atoms with Crippen LogP contribution < -0.4 is 0 Å². The van der Waals surface area contributed by atoms with Crippen molar-refractivity contribution in [2.24, 2.45) is 5.92 Å². The molecular formula is C16H18N2O2S. The Labute approximate surface area is 127 Å². The Morgan fingerprint density at radius 3 is 2.86 bits per heavy atom. The Balaban J connectivity index is 1.33. The molecule has 2 fully saturated rings. The van der Waals surface area contributed by atoms with Gasteiger partial charge >= 0.3 is 0 Å². The van der Waals surface area contributed by atoms with Crippen molar-refractivity contribution in [3.8, 4) is 0 Å². The molecule has 1 aliphatic carbocycles. The molecule has 5 heteroatoms. The number of aliphatic hydroxyl groups is 1. The minimum atomic E-state index is -0.578. The van der Waals surface area contributed by atoms with Gasteiger partial charge < -0.3 is 10.0 Å². The van der Waals surface area contributed by atoms with E-state index in [1.54, 1.807) is 16.2 Å². The molecule has 4 rings (SSSR count). The summed E-state index contributed by atoms with van der Waals surface area (Å²) in [5.74, 6) is 0.574. The molecule has 2 aromatic rings. The normalized spacial score (nSPS) is 20.5. The number of nitrogens with zero attached hydrogens (tertiary/aromatic N) is 2. The summed E-state index contributed by atoms with van der Waals surface area (Å²) < 4.78 is 1.17. The fraction of sp³-hybridized carbons (Fsp3) is 0.500. The summed E-state index contributed by atoms with van der Waals surface area (Å²) in [5, 5.41) is 11.3. The van der Waals surface area contributed by atoms with Gasteiger partial charge in [0.25, 0.3) is 0 Å². The molecule has 1 aliphatic heterocycles. The zero-order valence-corrected chi connectivity index (χ0v) is 12.6. The van der Waals surface area contributed by atoms with Crippen LogP contribution in [0.1, 0.15) is 24.3 Å². The van der Waals surface area contributed by atoms with Crippen LogP contribution in [0.4, 0.5) is 0 Å². The molecule has 0 radical (unpaired) electrons. The topological polar surface area (TPSA) is 53.4 Å². The van der Waals surface area contributed by atoms with E-state index in [-0.39, 0.29) is 5.91 Å². The van der Waals surface area contributed by atoms with E-state index in [0.717, 1.165) is 23.4 Å². The van der Waals surface area contributed by atoms with Gasteiger partial charge in [0, 0.05) is 12.8 Å². The quantitative estimate of drug-likeness (QED) is 0.942. The molecule has 1 aromatic heterocycles. The molecule has 0 spiro atoms. The van der Waals surface area contributed by atoms with Gasteiger partial charge in [-0.25, -0.2) is 4.98 Å². The van der Waals surface area contributed by atoms with Crippen LogP contribution in [0.3, 0.4) is 0 Å². The number of benzene rings is 1. The average Bonchev–Trinajstić information content (AvgIpc) is 3.21. The summed E-state index contributed by atoms with van der Waals surface area (Å²) in [5.41, 5.74) is 0.433. The number of hydrogen-bond acceptors (Lipinski definition) is 4. The van der Waals surface area contributed by atoms with E-state index < -0.39 is 5.60 Å². The molecule has 0 bridgehead atoms. The van der Waals surface area contributed by atoms with Crippen molar-refractivity contribution in [1.29, 1.82) is 0 Å². The summed E-state index contributed by atoms with van der Waals surface area (Å²) >= 11 is 1.66. The zero-order valence-electron chi connectivity index (χ0n) is 11.8. The summed E-state index contributed by atoms with van der Waals surface area (Å²) in [6.45, 7) is 1.05. The highest BCUT2D eigenvalue weighted by Crippen LogP contribution is 2.44. The molecule has 110 valence electrons. The Bertz CT molecular complexity index is 653. The van der Waals surface area contributed by atoms with Crippen molar-refractivity contribution in [2.75, 3.05) is 13.1 Å². The number of carbonyl (C=O) groups is 1. The zero-order chi connectivity index (χ0) is 14.4. The third kappa shape index (κ3) is 2.45. The van der Waals surface area contributed by atoms with Crippen molar-refractivity contribution in [1.82, 2.24) is 9.88 Å². The van der Waals surface area contributed by atoms with Crippen LogP contribution in [0, 0.1) is 5.92 Å². The van der Waals surface area contributed by atoms with E-state index in [9.17, 15) is 9.90 Å². The summed E-state index contributed by atoms with van der Waals surface area (Å²) in [7, 11) is 0. The van der Waals surface area contributed by atoms with Gasteiger partial charge in [0.05, 0.1) is 28.3 Å². The third-order valence-electron chi connectivity index (χ3n) is 4.51. The number of amides is 1. The number of β-amino-alcohol motifs (C(OH)–C–C–N with tert-alkyl or cyclic N) is 1. The van der Waals surface area contributed by atoms with Crippen LogP contribution >= 0.6 is 11.3 Å². The molecule has 2 aliphatic rings. The van der Waals surface area contributed by atoms with Gasteiger partial charge in [0.2, 0.25) is 5.91 Å². The van der Waals surface area contributed by atoms with Gasteiger partial charge in [-0.3, -0.25) is 4.79 Å². The van der Waals surface area contributed by atoms with Gasteiger partial charge in [-0.1, -0.05) is 12.1 Å². The first-order valence-corrected chi connectivity index (χ1v) is 8.30. The molecule has 1 N–H and O–H groups in total. The Morgan fingerprint density at radius 1 is 1.38 bits per heavy atom. The number of hydrogen-bond donors (Lipinski definition) is 1. The molecule has 0 unspecified atom stereocenters. The Kier molecular flexibility index (Phi) is 3.01. The number of aryl methyl sites for hydroxylation is 1. The number of likely N-dealkylation sites (tertiary alicyclic amines) is 1. The first-order chi connectivity index (χ1) is 10.1. The molecule has 1 saturated heterocycles. The van der Waals surface area contributed by atoms with Gasteiger partial charge in [0.15, 0.2) is 0 Å². The number of carbonyl (C=O) groups excluding carboxylic acids is 1. The molecule has 1 saturated carbocycles. The monoisotopic (exact) mass is 302 g/mol. The number of fused-ring (bicyclic) bond motifs is 1. The average molecular weight is 302 g/mol. The molecule has 1 amide bonds. The van der Waals surface area contributed by atoms with E-state index in [1.165, 1.54) is 4.70 Å². The molecule has 1 aromatic carbocycles. The van der Waals surface area contributed by atoms with E-state index in [4.69, 9.17) is 0 Å². The number of aromatic nitrogens is 1. The summed E-state index contributed by atoms with van der Waals surface area (Å²) in [6.07, 6.45) is 3.41. The van der Waals surface area contributed by atoms with E-state index in [0.29, 0.717) is 31.8 Å². The molecule has 4 nitrogen and oxygen atoms in total. The standard InChI is InChI=1S/C16H18N2O2S/c19-15(18-9-16(20,10-18)11-5-6-11)8-7-14-17-12-3-1-2-4-13(12)21-14/h1-4,11,20H,5-10H2. The highest BCUT2D eigenvalue weighted by molar-refractivity contribution is 7.18. The summed E-state index contributed by atoms with van der Waals surface area (Å²) in [4.78, 5) is 18.5. The van der Waals surface area contributed by atoms with Crippen molar-refractivity contribution in [2.45, 2.75) is 31.3 Å². The van der Waals surface area contributed by atoms with Crippen LogP contribution in [-0.4, -0.2) is 39.6 Å². The molecular weight excluding hydrogens is 284 g/mol. The fourth-order valence-corrected chi connectivity index (χ4v) is 4.04. The second kappa shape index (κ2) is 4.78. The van der Waals surface area contributed by atoms with Gasteiger partial charge in [-0.2, -0.15) is 0 Å². The van der Waals surface area contributed by atoms with Crippen LogP contribution in [0.25, 0.3) is 10.2 Å². The lowest BCUT2D eigenvalue weighted by atomic mass is 9.88. The van der Waals surface area contributed by atoms with E-state index >= 15 is 0 Å². The van der Waals surface area contributed by atoms with Gasteiger partial charge in [0.1, 0.15) is 5.60 Å². The maximum atomic E-state index is 12.1. The van der Waals surface area contributed by atoms with Crippen LogP contribution in [0.5, 0.6) is 0 Å². The fourth-order valence-electron chi connectivity index (χ4n) is 3.07. The second-order valence-electron chi connectivity index (χ2n) is 6.20. The van der Waals surface area contributed by atoms with Crippen LogP contribution in [0.2, 0.25) is 0 Å². The Hall–Kier alpha value is -1.46. The van der Waals surface area contributed by atoms with Crippen LogP contribution in [-0.2, 0) is 11.2 Å². The minimum Gasteiger partial charge on any atom is -0.386 e. The smallest absolute Gasteiger partial charge is 0.223 e. The van der Waals surface area contributed by atoms with Crippen molar-refractivity contribution in [3.05, 3.63) is 29.3 Å². The highest BCUT2D eigenvalue weighted by atomic mass is 32.1. The lowest BCUT2D eigenvalue weighted by Crippen LogP contribution is -2.64. The van der Waals surface area contributed by atoms with E-state index in [1.807, 2.05) is 18.2 Å². The molecule has 21 heavy (non-hydrogen) atoms. The van der Waals surface area contributed by atoms with Crippen LogP contribution in [0.15, 0.2) is 24.3 Å². The van der Waals surface area contributed by atoms with E-state index in [2.05, 4.69) is 11.1 Å². The number of rotatable bonds is 4. The van der Waals surface area contributed by atoms with Crippen molar-refractivity contribution < 1.29 is 9.90 Å². The lowest BCUT2D eigenvalue weighted by molar-refractivity contribution is -0.159. The van der Waals surface area contributed by atoms with Gasteiger partial charge in [-0.05, 0) is 30.9 Å². The number of thiazole rings is 1. The third-order valence-corrected chi connectivity index (χ3v) is 5.61. The minimum absolute atomic E-state index is 0.139. The SMILES string of the molecule is O=C(CCc1nc2ccccc2s1)N1CC(O)(C2CC2)C1. The first-order valence-electron chi connectivity index (χ1n) is 7.49. The lowest BCUT2D eigenvalue weighted by Gasteiger charge is -2.47.